The van der Waals surface area contributed by atoms with Gasteiger partial charge in [-0.25, -0.2) is 0 Å². The number of unbranched alkanes of at least 4 members (excludes halogenated alkanes) is 1. The molecule has 0 rings (SSSR count). The van der Waals surface area contributed by atoms with Crippen molar-refractivity contribution in [3.05, 3.63) is 0 Å². The van der Waals surface area contributed by atoms with Gasteiger partial charge in [0.25, 0.3) is 0 Å². The molecule has 0 aromatic carbocycles. The van der Waals surface area contributed by atoms with Gasteiger partial charge in [-0.05, 0) is 0 Å². The lowest BCUT2D eigenvalue weighted by Crippen LogP contribution is -2.48. The predicted molar refractivity (Wildman–Crippen MR) is 77.7 cm³/mol. The molecule has 0 atom stereocenters. The van der Waals surface area contributed by atoms with Crippen LogP contribution in [0.3, 0.4) is 0 Å². The van der Waals surface area contributed by atoms with E-state index in [4.69, 9.17) is 39.1 Å². The van der Waals surface area contributed by atoms with Crippen LogP contribution in [-0.4, -0.2) is 56.7 Å². The fraction of sp³-hybridized carbons (Fsp3) is 1.00. The van der Waals surface area contributed by atoms with E-state index in [2.05, 4.69) is 0 Å². The first-order chi connectivity index (χ1) is 9.94. The summed E-state index contributed by atoms with van der Waals surface area (Å²) in [5.74, 6) is 0. The molecule has 0 aliphatic rings. The Morgan fingerprint density at radius 2 is 0.957 bits per heavy atom. The lowest BCUT2D eigenvalue weighted by Gasteiger charge is -2.29. The summed E-state index contributed by atoms with van der Waals surface area (Å²) in [5, 5.41) is 0. The van der Waals surface area contributed by atoms with Crippen molar-refractivity contribution >= 4 is 30.4 Å². The molecule has 13 nitrogen and oxygen atoms in total. The van der Waals surface area contributed by atoms with E-state index in [0.29, 0.717) is 0 Å². The fourth-order valence-corrected chi connectivity index (χ4v) is 7.95. The molecule has 0 bridgehead atoms. The van der Waals surface area contributed by atoms with Gasteiger partial charge in [-0.15, -0.1) is 4.90 Å². The van der Waals surface area contributed by atoms with Crippen molar-refractivity contribution in [2.24, 2.45) is 0 Å². The molecule has 139 valence electrons. The second-order valence-corrected chi connectivity index (χ2v) is 12.1. The molecule has 0 spiro atoms. The zero-order valence-electron chi connectivity index (χ0n) is 11.7. The molecule has 0 amide bonds. The first-order valence-electron chi connectivity index (χ1n) is 5.90. The first kappa shape index (κ1) is 23.6. The van der Waals surface area contributed by atoms with E-state index >= 15 is 0 Å². The van der Waals surface area contributed by atoms with Gasteiger partial charge in [0.15, 0.2) is 0 Å². The van der Waals surface area contributed by atoms with Crippen LogP contribution in [0.15, 0.2) is 0 Å². The van der Waals surface area contributed by atoms with Crippen LogP contribution in [0.1, 0.15) is 19.8 Å². The van der Waals surface area contributed by atoms with Crippen molar-refractivity contribution < 1.29 is 57.4 Å². The largest absolute Gasteiger partial charge is 0.400 e. The average Bonchev–Trinajstić information content (AvgIpc) is 2.17. The van der Waals surface area contributed by atoms with Crippen molar-refractivity contribution in [1.82, 2.24) is 4.90 Å². The molecule has 0 unspecified atom stereocenters. The monoisotopic (exact) mass is 421 g/mol. The molecule has 0 aromatic rings. The van der Waals surface area contributed by atoms with Crippen LogP contribution in [0.4, 0.5) is 0 Å². The topological polar surface area (TPSA) is 236 Å². The third kappa shape index (κ3) is 7.13. The SMILES string of the molecule is CCCC[N+](C(P(=O)(O)O)P(=O)(O)O)C(P(=O)(O)O)P(=O)(O)O. The van der Waals surface area contributed by atoms with E-state index in [1.165, 1.54) is 6.92 Å². The summed E-state index contributed by atoms with van der Waals surface area (Å²) in [6.07, 6.45) is 0.160. The van der Waals surface area contributed by atoms with Gasteiger partial charge in [0.05, 0.1) is 0 Å². The molecule has 23 heavy (non-hydrogen) atoms. The smallest absolute Gasteiger partial charge is 0.320 e. The van der Waals surface area contributed by atoms with Gasteiger partial charge in [0.2, 0.25) is 0 Å². The van der Waals surface area contributed by atoms with Gasteiger partial charge in [-0.3, -0.25) is 18.3 Å². The summed E-state index contributed by atoms with van der Waals surface area (Å²) >= 11 is 0. The second-order valence-electron chi connectivity index (χ2n) is 4.64. The normalized spacial score (nSPS) is 15.0. The van der Waals surface area contributed by atoms with Crippen molar-refractivity contribution in [3.8, 4) is 0 Å². The second kappa shape index (κ2) is 7.85. The number of nitrogens with zero attached hydrogens (tertiary/aromatic N) is 1. The zero-order valence-corrected chi connectivity index (χ0v) is 15.3. The summed E-state index contributed by atoms with van der Waals surface area (Å²) in [7, 11) is -22.8. The minimum absolute atomic E-state index is 0.0903. The Balaban J connectivity index is 6.39. The Kier molecular flexibility index (Phi) is 8.04. The molecule has 0 fully saturated rings. The molecule has 0 aliphatic carbocycles. The Bertz CT molecular complexity index is 490. The fourth-order valence-electron chi connectivity index (χ4n) is 1.86. The highest BCUT2D eigenvalue weighted by Crippen LogP contribution is 2.67. The molecule has 8 N–H and O–H groups in total. The minimum atomic E-state index is -5.71. The van der Waals surface area contributed by atoms with Crippen LogP contribution >= 0.6 is 30.4 Å². The van der Waals surface area contributed by atoms with Crippen molar-refractivity contribution in [2.75, 3.05) is 6.54 Å². The molecule has 0 saturated carbocycles. The molecule has 0 heterocycles. The Morgan fingerprint density at radius 3 is 1.13 bits per heavy atom. The summed E-state index contributed by atoms with van der Waals surface area (Å²) in [6.45, 7) is 0.768. The van der Waals surface area contributed by atoms with E-state index in [1.807, 2.05) is 0 Å². The molecule has 0 aromatic heterocycles. The van der Waals surface area contributed by atoms with E-state index < -0.39 is 48.0 Å². The van der Waals surface area contributed by atoms with Gasteiger partial charge < -0.3 is 39.1 Å². The molecular formula is C6H19NO12P4+. The van der Waals surface area contributed by atoms with Crippen molar-refractivity contribution in [1.29, 1.82) is 0 Å². The van der Waals surface area contributed by atoms with Gasteiger partial charge >= 0.3 is 41.4 Å². The maximum Gasteiger partial charge on any atom is 0.400 e. The first-order valence-corrected chi connectivity index (χ1v) is 12.6. The molecule has 0 saturated heterocycles. The van der Waals surface area contributed by atoms with Crippen LogP contribution in [0, 0.1) is 0 Å². The highest BCUT2D eigenvalue weighted by atomic mass is 31.2. The van der Waals surface area contributed by atoms with Gasteiger partial charge in [-0.1, -0.05) is 13.3 Å². The van der Waals surface area contributed by atoms with Gasteiger partial charge in [-0.2, -0.15) is 0 Å². The maximum absolute atomic E-state index is 11.4. The molecular weight excluding hydrogens is 402 g/mol. The Labute approximate surface area is 131 Å². The highest BCUT2D eigenvalue weighted by Gasteiger charge is 2.65. The molecule has 17 heteroatoms. The Morgan fingerprint density at radius 1 is 0.696 bits per heavy atom. The summed E-state index contributed by atoms with van der Waals surface area (Å²) in [4.78, 5) is 72.9. The van der Waals surface area contributed by atoms with E-state index in [9.17, 15) is 18.3 Å². The average molecular weight is 421 g/mol. The van der Waals surface area contributed by atoms with Gasteiger partial charge in [0.1, 0.15) is 6.54 Å². The van der Waals surface area contributed by atoms with E-state index in [0.717, 1.165) is 0 Å². The zero-order chi connectivity index (χ0) is 18.9. The third-order valence-corrected chi connectivity index (χ3v) is 9.77. The summed E-state index contributed by atoms with van der Waals surface area (Å²) < 4.78 is 45.6. The van der Waals surface area contributed by atoms with Crippen LogP contribution in [0.5, 0.6) is 0 Å². The highest BCUT2D eigenvalue weighted by molar-refractivity contribution is 7.72. The van der Waals surface area contributed by atoms with E-state index in [1.54, 1.807) is 0 Å². The van der Waals surface area contributed by atoms with Crippen molar-refractivity contribution in [3.63, 3.8) is 0 Å². The van der Waals surface area contributed by atoms with Crippen LogP contribution in [0.25, 0.3) is 0 Å². The number of hydrogen-bond donors (Lipinski definition) is 8. The number of rotatable bonds is 9. The molecule has 0 aliphatic heterocycles. The number of hydrogen-bond acceptors (Lipinski definition) is 5. The quantitative estimate of drug-likeness (QED) is 0.169. The minimum Gasteiger partial charge on any atom is -0.320 e. The molecule has 1 radical (unpaired) electrons. The van der Waals surface area contributed by atoms with E-state index in [-0.39, 0.29) is 17.7 Å². The predicted octanol–water partition coefficient (Wildman–Crippen LogP) is -0.795. The lowest BCUT2D eigenvalue weighted by atomic mass is 10.3. The van der Waals surface area contributed by atoms with Crippen molar-refractivity contribution in [2.45, 2.75) is 30.8 Å². The van der Waals surface area contributed by atoms with Crippen LogP contribution in [0.2, 0.25) is 0 Å². The summed E-state index contributed by atoms with van der Waals surface area (Å²) in [6, 6.07) is 0. The maximum atomic E-state index is 11.4. The lowest BCUT2D eigenvalue weighted by molar-refractivity contribution is 0.261. The summed E-state index contributed by atoms with van der Waals surface area (Å²) in [5.41, 5.74) is -6.18. The Hall–Kier alpha value is 0.560. The van der Waals surface area contributed by atoms with Crippen LogP contribution in [-0.2, 0) is 18.3 Å². The van der Waals surface area contributed by atoms with Crippen LogP contribution < -0.4 is 4.90 Å². The standard InChI is InChI=1S/C6H19NO12P4/c1-2-3-4-7(5(20(8,9)10)21(11,12)13)6(22(14,15)16)23(17,18)19/h5-6H,2-4H2,1H3,(H2,8,9,10)(H2,11,12,13)(H2,14,15,16)(H2,17,18,19)/q+1. The third-order valence-electron chi connectivity index (χ3n) is 2.57. The van der Waals surface area contributed by atoms with Gasteiger partial charge in [0, 0.05) is 6.42 Å².